The summed E-state index contributed by atoms with van der Waals surface area (Å²) in [5.41, 5.74) is 2.79. The largest absolute Gasteiger partial charge is 0.484 e. The minimum absolute atomic E-state index is 0.0361. The molecule has 0 aromatic heterocycles. The zero-order valence-electron chi connectivity index (χ0n) is 14.5. The molecule has 0 aliphatic rings. The third kappa shape index (κ3) is 5.90. The van der Waals surface area contributed by atoms with Gasteiger partial charge in [-0.15, -0.1) is 0 Å². The number of nitrogens with zero attached hydrogens (tertiary/aromatic N) is 1. The van der Waals surface area contributed by atoms with Crippen LogP contribution in [0.1, 0.15) is 11.1 Å². The van der Waals surface area contributed by atoms with Gasteiger partial charge in [0.2, 0.25) is 5.91 Å². The van der Waals surface area contributed by atoms with E-state index in [0.717, 1.165) is 21.3 Å². The Morgan fingerprint density at radius 2 is 1.80 bits per heavy atom. The number of anilines is 1. The third-order valence-electron chi connectivity index (χ3n) is 3.65. The van der Waals surface area contributed by atoms with E-state index in [9.17, 15) is 9.59 Å². The summed E-state index contributed by atoms with van der Waals surface area (Å²) < 4.78 is 6.40. The minimum Gasteiger partial charge on any atom is -0.484 e. The van der Waals surface area contributed by atoms with Gasteiger partial charge >= 0.3 is 0 Å². The molecule has 0 saturated carbocycles. The van der Waals surface area contributed by atoms with Crippen molar-refractivity contribution in [1.82, 2.24) is 4.90 Å². The predicted octanol–water partition coefficient (Wildman–Crippen LogP) is 3.54. The van der Waals surface area contributed by atoms with E-state index < -0.39 is 0 Å². The zero-order chi connectivity index (χ0) is 18.4. The molecule has 2 rings (SSSR count). The van der Waals surface area contributed by atoms with Crippen molar-refractivity contribution in [1.29, 1.82) is 0 Å². The lowest BCUT2D eigenvalue weighted by Gasteiger charge is -2.17. The lowest BCUT2D eigenvalue weighted by atomic mass is 10.2. The Bertz CT molecular complexity index is 760. The molecule has 0 radical (unpaired) electrons. The number of aryl methyl sites for hydroxylation is 2. The summed E-state index contributed by atoms with van der Waals surface area (Å²) in [6.45, 7) is 3.74. The molecule has 0 bridgehead atoms. The summed E-state index contributed by atoms with van der Waals surface area (Å²) in [6, 6.07) is 13.0. The summed E-state index contributed by atoms with van der Waals surface area (Å²) >= 11 is 3.38. The first-order valence-electron chi connectivity index (χ1n) is 7.84. The second-order valence-electron chi connectivity index (χ2n) is 5.86. The van der Waals surface area contributed by atoms with Crippen LogP contribution in [0.25, 0.3) is 0 Å². The molecule has 2 amide bonds. The van der Waals surface area contributed by atoms with Crippen molar-refractivity contribution in [2.75, 3.05) is 25.5 Å². The number of amides is 2. The fraction of sp³-hybridized carbons (Fsp3) is 0.263. The molecule has 0 aliphatic heterocycles. The van der Waals surface area contributed by atoms with Crippen LogP contribution >= 0.6 is 15.9 Å². The number of ether oxygens (including phenoxy) is 1. The van der Waals surface area contributed by atoms with Gasteiger partial charge in [0.1, 0.15) is 5.75 Å². The van der Waals surface area contributed by atoms with Crippen molar-refractivity contribution in [3.63, 3.8) is 0 Å². The number of benzene rings is 2. The van der Waals surface area contributed by atoms with E-state index in [1.165, 1.54) is 4.90 Å². The monoisotopic (exact) mass is 404 g/mol. The van der Waals surface area contributed by atoms with E-state index in [1.807, 2.05) is 56.3 Å². The molecule has 0 spiro atoms. The Morgan fingerprint density at radius 3 is 2.44 bits per heavy atom. The van der Waals surface area contributed by atoms with E-state index >= 15 is 0 Å². The van der Waals surface area contributed by atoms with Gasteiger partial charge < -0.3 is 15.0 Å². The van der Waals surface area contributed by atoms with E-state index in [1.54, 1.807) is 7.05 Å². The van der Waals surface area contributed by atoms with Crippen molar-refractivity contribution in [3.8, 4) is 5.75 Å². The summed E-state index contributed by atoms with van der Waals surface area (Å²) in [5.74, 6) is 0.113. The molecule has 6 heteroatoms. The number of carbonyl (C=O) groups is 2. The molecule has 0 fully saturated rings. The van der Waals surface area contributed by atoms with Gasteiger partial charge in [-0.1, -0.05) is 33.6 Å². The number of rotatable bonds is 6. The molecule has 5 nitrogen and oxygen atoms in total. The van der Waals surface area contributed by atoms with E-state index in [2.05, 4.69) is 21.2 Å². The standard InChI is InChI=1S/C19H21BrN2O3/c1-13-4-7-16(8-5-13)25-12-19(24)22(3)11-18(23)21-17-9-6-15(20)10-14(17)2/h4-10H,11-12H2,1-3H3,(H,21,23). The van der Waals surface area contributed by atoms with Crippen molar-refractivity contribution in [2.24, 2.45) is 0 Å². The maximum Gasteiger partial charge on any atom is 0.260 e. The summed E-state index contributed by atoms with van der Waals surface area (Å²) in [7, 11) is 1.58. The zero-order valence-corrected chi connectivity index (χ0v) is 16.1. The van der Waals surface area contributed by atoms with Crippen LogP contribution < -0.4 is 10.1 Å². The second kappa shape index (κ2) is 8.67. The Labute approximate surface area is 156 Å². The molecule has 2 aromatic rings. The Kier molecular flexibility index (Phi) is 6.58. The Morgan fingerprint density at radius 1 is 1.12 bits per heavy atom. The van der Waals surface area contributed by atoms with Crippen LogP contribution in [0.3, 0.4) is 0 Å². The van der Waals surface area contributed by atoms with Crippen LogP contribution in [-0.2, 0) is 9.59 Å². The molecule has 132 valence electrons. The SMILES string of the molecule is Cc1ccc(OCC(=O)N(C)CC(=O)Nc2ccc(Br)cc2C)cc1. The fourth-order valence-electron chi connectivity index (χ4n) is 2.15. The lowest BCUT2D eigenvalue weighted by Crippen LogP contribution is -2.37. The number of nitrogens with one attached hydrogen (secondary N) is 1. The van der Waals surface area contributed by atoms with E-state index in [-0.39, 0.29) is 25.0 Å². The van der Waals surface area contributed by atoms with Crippen LogP contribution in [0.2, 0.25) is 0 Å². The van der Waals surface area contributed by atoms with Crippen molar-refractivity contribution >= 4 is 33.4 Å². The molecule has 1 N–H and O–H groups in total. The number of carbonyl (C=O) groups excluding carboxylic acids is 2. The molecule has 0 atom stereocenters. The van der Waals surface area contributed by atoms with Crippen LogP contribution in [-0.4, -0.2) is 36.9 Å². The molecule has 0 aliphatic carbocycles. The quantitative estimate of drug-likeness (QED) is 0.800. The normalized spacial score (nSPS) is 10.2. The van der Waals surface area contributed by atoms with Crippen molar-refractivity contribution in [2.45, 2.75) is 13.8 Å². The van der Waals surface area contributed by atoms with Crippen LogP contribution in [0, 0.1) is 13.8 Å². The number of likely N-dealkylation sites (N-methyl/N-ethyl adjacent to an activating group) is 1. The molecule has 25 heavy (non-hydrogen) atoms. The Balaban J connectivity index is 1.83. The average Bonchev–Trinajstić information content (AvgIpc) is 2.56. The van der Waals surface area contributed by atoms with Gasteiger partial charge in [-0.2, -0.15) is 0 Å². The summed E-state index contributed by atoms with van der Waals surface area (Å²) in [4.78, 5) is 25.6. The van der Waals surface area contributed by atoms with Gasteiger partial charge in [0.25, 0.3) is 5.91 Å². The molecule has 0 heterocycles. The van der Waals surface area contributed by atoms with E-state index in [0.29, 0.717) is 5.75 Å². The first kappa shape index (κ1) is 19.0. The van der Waals surface area contributed by atoms with Crippen LogP contribution in [0.5, 0.6) is 5.75 Å². The third-order valence-corrected chi connectivity index (χ3v) is 4.15. The van der Waals surface area contributed by atoms with Crippen LogP contribution in [0.4, 0.5) is 5.69 Å². The van der Waals surface area contributed by atoms with Gasteiger partial charge in [-0.25, -0.2) is 0 Å². The number of hydrogen-bond acceptors (Lipinski definition) is 3. The predicted molar refractivity (Wildman–Crippen MR) is 102 cm³/mol. The lowest BCUT2D eigenvalue weighted by molar-refractivity contribution is -0.135. The van der Waals surface area contributed by atoms with Gasteiger partial charge in [0.15, 0.2) is 6.61 Å². The fourth-order valence-corrected chi connectivity index (χ4v) is 2.63. The summed E-state index contributed by atoms with van der Waals surface area (Å²) in [6.07, 6.45) is 0. The average molecular weight is 405 g/mol. The molecule has 2 aromatic carbocycles. The highest BCUT2D eigenvalue weighted by atomic mass is 79.9. The topological polar surface area (TPSA) is 58.6 Å². The molecular formula is C19H21BrN2O3. The van der Waals surface area contributed by atoms with Crippen LogP contribution in [0.15, 0.2) is 46.9 Å². The van der Waals surface area contributed by atoms with Crippen molar-refractivity contribution in [3.05, 3.63) is 58.1 Å². The maximum atomic E-state index is 12.1. The van der Waals surface area contributed by atoms with Gasteiger partial charge in [0, 0.05) is 17.2 Å². The maximum absolute atomic E-state index is 12.1. The van der Waals surface area contributed by atoms with Crippen molar-refractivity contribution < 1.29 is 14.3 Å². The number of hydrogen-bond donors (Lipinski definition) is 1. The minimum atomic E-state index is -0.261. The van der Waals surface area contributed by atoms with Gasteiger partial charge in [-0.05, 0) is 49.7 Å². The van der Waals surface area contributed by atoms with E-state index in [4.69, 9.17) is 4.74 Å². The second-order valence-corrected chi connectivity index (χ2v) is 6.77. The first-order valence-corrected chi connectivity index (χ1v) is 8.64. The van der Waals surface area contributed by atoms with Gasteiger partial charge in [-0.3, -0.25) is 9.59 Å². The molecular weight excluding hydrogens is 384 g/mol. The first-order chi connectivity index (χ1) is 11.8. The highest BCUT2D eigenvalue weighted by Gasteiger charge is 2.14. The summed E-state index contributed by atoms with van der Waals surface area (Å²) in [5, 5.41) is 2.81. The highest BCUT2D eigenvalue weighted by molar-refractivity contribution is 9.10. The molecule has 0 unspecified atom stereocenters. The highest BCUT2D eigenvalue weighted by Crippen LogP contribution is 2.20. The smallest absolute Gasteiger partial charge is 0.260 e. The number of halogens is 1. The van der Waals surface area contributed by atoms with Gasteiger partial charge in [0.05, 0.1) is 6.54 Å². The Hall–Kier alpha value is -2.34. The molecule has 0 saturated heterocycles.